The molecule has 4 aliphatic rings. The van der Waals surface area contributed by atoms with E-state index in [2.05, 4.69) is 27.9 Å². The molecule has 0 aromatic carbocycles. The summed E-state index contributed by atoms with van der Waals surface area (Å²) >= 11 is 1.75. The molecule has 1 saturated carbocycles. The summed E-state index contributed by atoms with van der Waals surface area (Å²) in [6.07, 6.45) is 6.02. The monoisotopic (exact) mass is 459 g/mol. The number of rotatable bonds is 4. The van der Waals surface area contributed by atoms with Crippen LogP contribution in [0, 0.1) is 10.8 Å². The fraction of sp³-hybridized carbons (Fsp3) is 0.667. The van der Waals surface area contributed by atoms with E-state index >= 15 is 0 Å². The van der Waals surface area contributed by atoms with Crippen molar-refractivity contribution in [3.05, 3.63) is 17.3 Å². The van der Waals surface area contributed by atoms with Crippen molar-refractivity contribution in [3.8, 4) is 0 Å². The Kier molecular flexibility index (Phi) is 5.08. The first-order chi connectivity index (χ1) is 14.4. The summed E-state index contributed by atoms with van der Waals surface area (Å²) in [5.41, 5.74) is 0.519. The molecular formula is C21H30BN5O2S2. The molecule has 0 radical (unpaired) electrons. The standard InChI is InChI=1S/C21H28BN5O2S.H2S/c1-3-14-6-15-17(23-13-24-18(15)30-14)25-8-21(9-25)10-26(11-21)19(28)16-7-20(4-5-20)12-27(16)22(2)29;/h6,13,16,29H,3-5,7-12H2,1-2H3;1H2/t16-;/m0./s1. The Hall–Kier alpha value is -1.36. The predicted molar refractivity (Wildman–Crippen MR) is 129 cm³/mol. The Bertz CT molecular complexity index is 1010. The zero-order valence-corrected chi connectivity index (χ0v) is 20.0. The second kappa shape index (κ2) is 7.33. The van der Waals surface area contributed by atoms with Crippen LogP contribution in [-0.2, 0) is 11.2 Å². The van der Waals surface area contributed by atoms with Gasteiger partial charge in [-0.1, -0.05) is 6.92 Å². The fourth-order valence-corrected chi connectivity index (χ4v) is 6.74. The van der Waals surface area contributed by atoms with Crippen molar-refractivity contribution in [1.82, 2.24) is 19.7 Å². The Balaban J connectivity index is 0.00000204. The molecule has 1 atom stereocenters. The topological polar surface area (TPSA) is 72.8 Å². The number of hydrogen-bond donors (Lipinski definition) is 1. The van der Waals surface area contributed by atoms with E-state index in [9.17, 15) is 9.82 Å². The van der Waals surface area contributed by atoms with E-state index in [1.165, 1.54) is 17.7 Å². The third-order valence-electron chi connectivity index (χ3n) is 7.69. The third kappa shape index (κ3) is 3.37. The van der Waals surface area contributed by atoms with Crippen molar-refractivity contribution in [1.29, 1.82) is 0 Å². The Morgan fingerprint density at radius 2 is 1.97 bits per heavy atom. The number of aromatic nitrogens is 2. The summed E-state index contributed by atoms with van der Waals surface area (Å²) in [5.74, 6) is 1.26. The number of anilines is 1. The van der Waals surface area contributed by atoms with E-state index in [1.54, 1.807) is 24.5 Å². The summed E-state index contributed by atoms with van der Waals surface area (Å²) in [6.45, 7) is 8.40. The summed E-state index contributed by atoms with van der Waals surface area (Å²) in [5, 5.41) is 11.3. The van der Waals surface area contributed by atoms with Crippen LogP contribution in [0.2, 0.25) is 6.82 Å². The van der Waals surface area contributed by atoms with E-state index in [0.717, 1.165) is 61.6 Å². The molecule has 0 unspecified atom stereocenters. The van der Waals surface area contributed by atoms with Crippen molar-refractivity contribution < 1.29 is 9.82 Å². The van der Waals surface area contributed by atoms with Crippen LogP contribution in [0.25, 0.3) is 10.2 Å². The summed E-state index contributed by atoms with van der Waals surface area (Å²) in [6, 6.07) is 2.09. The van der Waals surface area contributed by atoms with Gasteiger partial charge in [-0.25, -0.2) is 9.97 Å². The third-order valence-corrected chi connectivity index (χ3v) is 8.88. The average molecular weight is 459 g/mol. The minimum Gasteiger partial charge on any atom is -0.437 e. The van der Waals surface area contributed by atoms with E-state index in [-0.39, 0.29) is 30.9 Å². The SMILES string of the molecule is CCc1cc2c(N3CC4(CN(C(=O)[C@@H]5CC6(CC6)CN5B(C)O)C4)C3)ncnc2s1.S. The molecule has 2 spiro atoms. The Morgan fingerprint density at radius 1 is 1.23 bits per heavy atom. The maximum absolute atomic E-state index is 13.2. The highest BCUT2D eigenvalue weighted by Gasteiger charge is 2.59. The quantitative estimate of drug-likeness (QED) is 0.706. The number of hydrogen-bond acceptors (Lipinski definition) is 7. The molecule has 31 heavy (non-hydrogen) atoms. The van der Waals surface area contributed by atoms with Crippen LogP contribution < -0.4 is 4.90 Å². The molecule has 166 valence electrons. The van der Waals surface area contributed by atoms with Gasteiger partial charge in [-0.15, -0.1) is 11.3 Å². The summed E-state index contributed by atoms with van der Waals surface area (Å²) in [4.78, 5) is 31.0. The van der Waals surface area contributed by atoms with Gasteiger partial charge in [-0.3, -0.25) is 4.79 Å². The van der Waals surface area contributed by atoms with Crippen LogP contribution in [0.4, 0.5) is 5.82 Å². The zero-order valence-electron chi connectivity index (χ0n) is 18.2. The number of amides is 1. The maximum atomic E-state index is 13.2. The van der Waals surface area contributed by atoms with Crippen LogP contribution in [0.3, 0.4) is 0 Å². The number of thiophene rings is 1. The predicted octanol–water partition coefficient (Wildman–Crippen LogP) is 1.98. The average Bonchev–Trinajstić information content (AvgIpc) is 3.11. The van der Waals surface area contributed by atoms with Gasteiger partial charge in [-0.2, -0.15) is 13.5 Å². The van der Waals surface area contributed by atoms with Gasteiger partial charge in [0.2, 0.25) is 5.91 Å². The maximum Gasteiger partial charge on any atom is 0.377 e. The van der Waals surface area contributed by atoms with Crippen molar-refractivity contribution >= 4 is 53.8 Å². The molecule has 2 aromatic rings. The van der Waals surface area contributed by atoms with Gasteiger partial charge in [0.25, 0.3) is 0 Å². The number of aryl methyl sites for hydroxylation is 1. The molecule has 2 aromatic heterocycles. The molecule has 5 heterocycles. The first-order valence-electron chi connectivity index (χ1n) is 11.1. The summed E-state index contributed by atoms with van der Waals surface area (Å²) < 4.78 is 0. The molecular weight excluding hydrogens is 429 g/mol. The molecule has 10 heteroatoms. The molecule has 4 fully saturated rings. The van der Waals surface area contributed by atoms with Gasteiger partial charge in [0, 0.05) is 36.5 Å². The molecule has 6 rings (SSSR count). The van der Waals surface area contributed by atoms with Crippen molar-refractivity contribution in [3.63, 3.8) is 0 Å². The van der Waals surface area contributed by atoms with Gasteiger partial charge in [0.1, 0.15) is 17.0 Å². The lowest BCUT2D eigenvalue weighted by Gasteiger charge is -2.61. The van der Waals surface area contributed by atoms with E-state index in [1.807, 2.05) is 9.71 Å². The van der Waals surface area contributed by atoms with Crippen LogP contribution >= 0.6 is 24.8 Å². The van der Waals surface area contributed by atoms with E-state index in [0.29, 0.717) is 5.41 Å². The van der Waals surface area contributed by atoms with Crippen LogP contribution in [0.15, 0.2) is 12.4 Å². The van der Waals surface area contributed by atoms with Crippen LogP contribution in [0.1, 0.15) is 31.1 Å². The lowest BCUT2D eigenvalue weighted by atomic mass is 9.72. The largest absolute Gasteiger partial charge is 0.437 e. The smallest absolute Gasteiger partial charge is 0.377 e. The molecule has 3 saturated heterocycles. The normalized spacial score (nSPS) is 25.5. The molecule has 7 nitrogen and oxygen atoms in total. The number of carbonyl (C=O) groups is 1. The van der Waals surface area contributed by atoms with Crippen molar-refractivity contribution in [2.24, 2.45) is 10.8 Å². The highest BCUT2D eigenvalue weighted by molar-refractivity contribution is 7.59. The van der Waals surface area contributed by atoms with Gasteiger partial charge in [0.15, 0.2) is 0 Å². The van der Waals surface area contributed by atoms with Crippen LogP contribution in [0.5, 0.6) is 0 Å². The fourth-order valence-electron chi connectivity index (χ4n) is 5.81. The summed E-state index contributed by atoms with van der Waals surface area (Å²) in [7, 11) is -0.549. The second-order valence-corrected chi connectivity index (χ2v) is 11.2. The molecule has 3 aliphatic heterocycles. The van der Waals surface area contributed by atoms with Crippen molar-refractivity contribution in [2.45, 2.75) is 45.5 Å². The zero-order chi connectivity index (χ0) is 20.7. The second-order valence-electron chi connectivity index (χ2n) is 10.1. The highest BCUT2D eigenvalue weighted by atomic mass is 32.1. The molecule has 1 amide bonds. The first-order valence-corrected chi connectivity index (χ1v) is 11.9. The Morgan fingerprint density at radius 3 is 2.61 bits per heavy atom. The van der Waals surface area contributed by atoms with Gasteiger partial charge < -0.3 is 19.6 Å². The lowest BCUT2D eigenvalue weighted by Crippen LogP contribution is -2.74. The van der Waals surface area contributed by atoms with Gasteiger partial charge in [0.05, 0.1) is 11.4 Å². The van der Waals surface area contributed by atoms with Crippen LogP contribution in [-0.4, -0.2) is 76.4 Å². The molecule has 1 N–H and O–H groups in total. The number of likely N-dealkylation sites (tertiary alicyclic amines) is 1. The first kappa shape index (κ1) is 21.5. The number of carbonyl (C=O) groups excluding carboxylic acids is 1. The van der Waals surface area contributed by atoms with Crippen molar-refractivity contribution in [2.75, 3.05) is 37.6 Å². The minimum absolute atomic E-state index is 0. The van der Waals surface area contributed by atoms with E-state index in [4.69, 9.17) is 0 Å². The lowest BCUT2D eigenvalue weighted by molar-refractivity contribution is -0.149. The van der Waals surface area contributed by atoms with Gasteiger partial charge in [-0.05, 0) is 50.5 Å². The number of nitrogens with zero attached hydrogens (tertiary/aromatic N) is 5. The minimum atomic E-state index is -0.549. The molecule has 1 aliphatic carbocycles. The number of fused-ring (bicyclic) bond motifs is 1. The van der Waals surface area contributed by atoms with E-state index < -0.39 is 7.05 Å². The Labute approximate surface area is 194 Å². The van der Waals surface area contributed by atoms with Gasteiger partial charge >= 0.3 is 7.05 Å². The molecule has 0 bridgehead atoms. The highest BCUT2D eigenvalue weighted by Crippen LogP contribution is 2.55.